The number of fused-ring (bicyclic) bond motifs is 4. The Bertz CT molecular complexity index is 2020. The second-order valence-corrected chi connectivity index (χ2v) is 13.9. The van der Waals surface area contributed by atoms with Crippen molar-refractivity contribution in [3.63, 3.8) is 0 Å². The number of nitrogens with zero attached hydrogens (tertiary/aromatic N) is 2. The number of benzene rings is 3. The number of amides is 4. The van der Waals surface area contributed by atoms with Gasteiger partial charge in [0.05, 0.1) is 17.5 Å². The van der Waals surface area contributed by atoms with E-state index < -0.39 is 104 Å². The number of rotatable bonds is 3. The van der Waals surface area contributed by atoms with Crippen LogP contribution in [0.1, 0.15) is 29.9 Å². The quantitative estimate of drug-likeness (QED) is 0.0800. The van der Waals surface area contributed by atoms with Crippen LogP contribution in [0.5, 0.6) is 5.75 Å². The first-order chi connectivity index (χ1) is 22.6. The molecular formula is C33H20Cl3F5N2O5. The molecule has 4 amide bonds. The van der Waals surface area contributed by atoms with E-state index in [0.717, 1.165) is 4.90 Å². The van der Waals surface area contributed by atoms with Crippen LogP contribution in [0, 0.1) is 53.8 Å². The number of anilines is 2. The van der Waals surface area contributed by atoms with Crippen molar-refractivity contribution in [2.75, 3.05) is 9.80 Å². The highest BCUT2D eigenvalue weighted by Gasteiger charge is 2.77. The number of phenols is 1. The zero-order chi connectivity index (χ0) is 34.8. The van der Waals surface area contributed by atoms with Gasteiger partial charge in [0, 0.05) is 16.5 Å². The molecule has 15 heteroatoms. The fourth-order valence-corrected chi connectivity index (χ4v) is 8.72. The molecule has 248 valence electrons. The predicted octanol–water partition coefficient (Wildman–Crippen LogP) is 6.82. The van der Waals surface area contributed by atoms with Crippen LogP contribution >= 0.6 is 34.8 Å². The third-order valence-electron chi connectivity index (χ3n) is 9.89. The first-order valence-electron chi connectivity index (χ1n) is 14.5. The molecule has 1 N–H and O–H groups in total. The first kappa shape index (κ1) is 32.5. The van der Waals surface area contributed by atoms with Gasteiger partial charge < -0.3 is 5.11 Å². The maximum Gasteiger partial charge on any atom is 0.258 e. The number of halogens is 8. The summed E-state index contributed by atoms with van der Waals surface area (Å²) < 4.78 is 73.1. The Labute approximate surface area is 283 Å². The van der Waals surface area contributed by atoms with Crippen LogP contribution in [0.4, 0.5) is 33.3 Å². The fraction of sp³-hybridized carbons (Fsp3) is 0.273. The summed E-state index contributed by atoms with van der Waals surface area (Å²) in [6, 6.07) is 10.3. The van der Waals surface area contributed by atoms with Crippen molar-refractivity contribution in [1.82, 2.24) is 0 Å². The molecule has 0 radical (unpaired) electrons. The van der Waals surface area contributed by atoms with Crippen molar-refractivity contribution < 1.29 is 46.2 Å². The number of aromatic hydroxyl groups is 1. The molecule has 7 rings (SSSR count). The van der Waals surface area contributed by atoms with Crippen LogP contribution < -0.4 is 9.80 Å². The van der Waals surface area contributed by atoms with Crippen molar-refractivity contribution in [3.8, 4) is 5.75 Å². The Morgan fingerprint density at radius 2 is 1.40 bits per heavy atom. The van der Waals surface area contributed by atoms with Gasteiger partial charge in [-0.2, -0.15) is 0 Å². The topological polar surface area (TPSA) is 95.0 Å². The van der Waals surface area contributed by atoms with E-state index in [1.54, 1.807) is 6.08 Å². The summed E-state index contributed by atoms with van der Waals surface area (Å²) in [4.78, 5) is 51.6. The summed E-state index contributed by atoms with van der Waals surface area (Å²) in [6.07, 6.45) is 0.853. The van der Waals surface area contributed by atoms with Crippen molar-refractivity contribution in [2.24, 2.45) is 17.8 Å². The lowest BCUT2D eigenvalue weighted by atomic mass is 9.56. The molecule has 2 aliphatic carbocycles. The summed E-state index contributed by atoms with van der Waals surface area (Å²) in [5, 5.41) is 11.6. The van der Waals surface area contributed by atoms with E-state index in [1.807, 2.05) is 0 Å². The molecule has 2 saturated heterocycles. The number of carbonyl (C=O) groups excluding carboxylic acids is 4. The normalized spacial score (nSPS) is 29.6. The second kappa shape index (κ2) is 10.8. The Kier molecular flexibility index (Phi) is 7.29. The van der Waals surface area contributed by atoms with Crippen LogP contribution in [0.2, 0.25) is 5.02 Å². The van der Waals surface area contributed by atoms with Crippen molar-refractivity contribution >= 4 is 69.8 Å². The van der Waals surface area contributed by atoms with E-state index in [4.69, 9.17) is 34.8 Å². The van der Waals surface area contributed by atoms with Crippen LogP contribution in [0.3, 0.4) is 0 Å². The molecule has 7 nitrogen and oxygen atoms in total. The third kappa shape index (κ3) is 3.99. The smallest absolute Gasteiger partial charge is 0.258 e. The minimum Gasteiger partial charge on any atom is -0.507 e. The lowest BCUT2D eigenvalue weighted by Crippen LogP contribution is -2.60. The number of alkyl halides is 2. The van der Waals surface area contributed by atoms with Gasteiger partial charge in [0.2, 0.25) is 17.6 Å². The second-order valence-electron chi connectivity index (χ2n) is 12.2. The summed E-state index contributed by atoms with van der Waals surface area (Å²) in [6.45, 7) is 1.52. The summed E-state index contributed by atoms with van der Waals surface area (Å²) in [5.74, 6) is -22.0. The minimum atomic E-state index is -2.73. The lowest BCUT2D eigenvalue weighted by molar-refractivity contribution is -0.125. The van der Waals surface area contributed by atoms with Crippen molar-refractivity contribution in [3.05, 3.63) is 99.3 Å². The van der Waals surface area contributed by atoms with Gasteiger partial charge in [-0.25, -0.2) is 26.9 Å². The van der Waals surface area contributed by atoms with Gasteiger partial charge >= 0.3 is 0 Å². The first-order valence-corrected chi connectivity index (χ1v) is 15.6. The van der Waals surface area contributed by atoms with Gasteiger partial charge in [-0.1, -0.05) is 41.4 Å². The molecule has 2 heterocycles. The number of hydrogen-bond acceptors (Lipinski definition) is 5. The van der Waals surface area contributed by atoms with E-state index in [2.05, 4.69) is 0 Å². The van der Waals surface area contributed by atoms with Gasteiger partial charge in [0.15, 0.2) is 33.0 Å². The van der Waals surface area contributed by atoms with E-state index in [9.17, 15) is 37.5 Å². The monoisotopic (exact) mass is 724 g/mol. The number of hydrogen-bond donors (Lipinski definition) is 1. The molecule has 2 aliphatic heterocycles. The number of aryl methyl sites for hydroxylation is 1. The van der Waals surface area contributed by atoms with Gasteiger partial charge in [0.25, 0.3) is 11.8 Å². The van der Waals surface area contributed by atoms with E-state index in [-0.39, 0.29) is 28.1 Å². The van der Waals surface area contributed by atoms with Crippen LogP contribution in [0.15, 0.2) is 54.1 Å². The number of allylic oxidation sites excluding steroid dienone is 2. The molecule has 1 saturated carbocycles. The Hall–Kier alpha value is -4.00. The highest BCUT2D eigenvalue weighted by Crippen LogP contribution is 2.67. The molecule has 0 spiro atoms. The van der Waals surface area contributed by atoms with Crippen LogP contribution in [-0.4, -0.2) is 38.5 Å². The summed E-state index contributed by atoms with van der Waals surface area (Å²) in [7, 11) is 0. The largest absolute Gasteiger partial charge is 0.507 e. The molecule has 0 unspecified atom stereocenters. The average molecular weight is 726 g/mol. The van der Waals surface area contributed by atoms with Crippen LogP contribution in [0.25, 0.3) is 0 Å². The number of para-hydroxylation sites is 1. The molecular weight excluding hydrogens is 706 g/mol. The highest BCUT2D eigenvalue weighted by molar-refractivity contribution is 6.58. The van der Waals surface area contributed by atoms with Gasteiger partial charge in [-0.05, 0) is 55.5 Å². The van der Waals surface area contributed by atoms with Crippen molar-refractivity contribution in [2.45, 2.75) is 35.4 Å². The van der Waals surface area contributed by atoms with Gasteiger partial charge in [-0.15, -0.1) is 23.2 Å². The lowest BCUT2D eigenvalue weighted by Gasteiger charge is -2.50. The Morgan fingerprint density at radius 3 is 2.02 bits per heavy atom. The Balaban J connectivity index is 1.44. The molecule has 0 bridgehead atoms. The molecule has 4 aliphatic rings. The molecule has 48 heavy (non-hydrogen) atoms. The van der Waals surface area contributed by atoms with Gasteiger partial charge in [0.1, 0.15) is 11.4 Å². The molecule has 3 fully saturated rings. The third-order valence-corrected chi connectivity index (χ3v) is 11.6. The molecule has 3 aromatic rings. The fourth-order valence-electron chi connectivity index (χ4n) is 7.67. The molecule has 6 atom stereocenters. The predicted molar refractivity (Wildman–Crippen MR) is 163 cm³/mol. The van der Waals surface area contributed by atoms with Gasteiger partial charge in [-0.3, -0.25) is 24.1 Å². The summed E-state index contributed by atoms with van der Waals surface area (Å²) >= 11 is 20.2. The van der Waals surface area contributed by atoms with Crippen molar-refractivity contribution in [1.29, 1.82) is 0 Å². The average Bonchev–Trinajstić information content (AvgIpc) is 3.39. The van der Waals surface area contributed by atoms with E-state index in [1.165, 1.54) is 49.4 Å². The number of phenolic OH excluding ortho intramolecular Hbond substituents is 1. The molecule has 0 aromatic heterocycles. The molecule has 3 aromatic carbocycles. The maximum absolute atomic E-state index is 15.2. The number of imide groups is 2. The SMILES string of the molecule is Cc1cccc([C@H]2C3=CC[C@@H]4C(=O)N(c5ccc(Cl)cc5)C(=O)[C@@H]4[C@@H]3C[C@@]3(Cl)C(=O)N(c4c(F)c(F)c(F)c(F)c4F)C(=O)[C@@]23Cl)c1O. The van der Waals surface area contributed by atoms with E-state index >= 15 is 8.78 Å². The number of carbonyl (C=O) groups is 4. The zero-order valence-electron chi connectivity index (χ0n) is 24.3. The zero-order valence-corrected chi connectivity index (χ0v) is 26.6. The summed E-state index contributed by atoms with van der Waals surface area (Å²) in [5.41, 5.74) is -1.21. The minimum absolute atomic E-state index is 0.0417. The highest BCUT2D eigenvalue weighted by atomic mass is 35.5. The Morgan fingerprint density at radius 1 is 0.792 bits per heavy atom. The maximum atomic E-state index is 15.2. The standard InChI is InChI=1S/C33H20Cl3F5N2O5/c1-12-3-2-4-17(27(12)44)20-15-9-10-16-19(29(46)42(28(16)45)14-7-5-13(34)6-8-14)18(15)11-32(35)30(47)43(31(48)33(20,32)36)26-24(40)22(38)21(37)23(39)25(26)41/h2-9,16,18-20,44H,10-11H2,1H3/t16-,18+,19-,20+,32+,33-/m0/s1. The van der Waals surface area contributed by atoms with Crippen LogP contribution in [-0.2, 0) is 19.2 Å². The van der Waals surface area contributed by atoms with E-state index in [0.29, 0.717) is 10.6 Å².